The summed E-state index contributed by atoms with van der Waals surface area (Å²) in [5.41, 5.74) is 4.32. The lowest BCUT2D eigenvalue weighted by atomic mass is 10.1. The number of carbonyl (C=O) groups is 1. The van der Waals surface area contributed by atoms with Crippen LogP contribution in [0.15, 0.2) is 71.9 Å². The minimum Gasteiger partial charge on any atom is -0.336 e. The molecule has 172 valence electrons. The van der Waals surface area contributed by atoms with Gasteiger partial charge >= 0.3 is 0 Å². The standard InChI is InChI=1S/C25H28N4O3S/c1-19-3-6-23(17-20(19)2)27-33(31,32)24-7-4-22(5-8-24)25(30)29-15-13-28(14-16-29)18-21-9-11-26-12-10-21/h3-12,17,27H,13-16,18H2,1-2H3. The minimum atomic E-state index is -3.73. The number of nitrogens with zero attached hydrogens (tertiary/aromatic N) is 3. The molecule has 0 radical (unpaired) electrons. The van der Waals surface area contributed by atoms with Crippen molar-refractivity contribution in [3.05, 3.63) is 89.2 Å². The average Bonchev–Trinajstić information content (AvgIpc) is 2.82. The first kappa shape index (κ1) is 22.9. The molecule has 1 aliphatic rings. The number of aromatic nitrogens is 1. The summed E-state index contributed by atoms with van der Waals surface area (Å²) < 4.78 is 28.1. The molecule has 3 aromatic rings. The van der Waals surface area contributed by atoms with Gasteiger partial charge in [-0.05, 0) is 79.1 Å². The third kappa shape index (κ3) is 5.58. The predicted octanol–water partition coefficient (Wildman–Crippen LogP) is 3.46. The first-order chi connectivity index (χ1) is 15.8. The van der Waals surface area contributed by atoms with Crippen LogP contribution in [0.25, 0.3) is 0 Å². The Bertz CT molecular complexity index is 1220. The van der Waals surface area contributed by atoms with Crippen LogP contribution >= 0.6 is 0 Å². The van der Waals surface area contributed by atoms with Crippen molar-refractivity contribution in [2.24, 2.45) is 0 Å². The molecule has 2 aromatic carbocycles. The molecule has 0 atom stereocenters. The van der Waals surface area contributed by atoms with Crippen molar-refractivity contribution in [3.63, 3.8) is 0 Å². The number of hydrogen-bond acceptors (Lipinski definition) is 5. The third-order valence-electron chi connectivity index (χ3n) is 5.99. The average molecular weight is 465 g/mol. The SMILES string of the molecule is Cc1ccc(NS(=O)(=O)c2ccc(C(=O)N3CCN(Cc4ccncc4)CC3)cc2)cc1C. The molecule has 1 saturated heterocycles. The molecular weight excluding hydrogens is 436 g/mol. The number of benzene rings is 2. The van der Waals surface area contributed by atoms with Crippen LogP contribution in [0.5, 0.6) is 0 Å². The highest BCUT2D eigenvalue weighted by Gasteiger charge is 2.23. The van der Waals surface area contributed by atoms with Crippen molar-refractivity contribution in [1.29, 1.82) is 0 Å². The molecule has 0 spiro atoms. The Balaban J connectivity index is 1.36. The number of rotatable bonds is 6. The zero-order valence-electron chi connectivity index (χ0n) is 18.9. The predicted molar refractivity (Wildman–Crippen MR) is 129 cm³/mol. The zero-order valence-corrected chi connectivity index (χ0v) is 19.7. The summed E-state index contributed by atoms with van der Waals surface area (Å²) in [5.74, 6) is -0.0790. The number of aryl methyl sites for hydroxylation is 2. The van der Waals surface area contributed by atoms with Gasteiger partial charge in [-0.25, -0.2) is 8.42 Å². The van der Waals surface area contributed by atoms with E-state index in [2.05, 4.69) is 14.6 Å². The highest BCUT2D eigenvalue weighted by molar-refractivity contribution is 7.92. The van der Waals surface area contributed by atoms with Gasteiger partial charge in [-0.2, -0.15) is 0 Å². The third-order valence-corrected chi connectivity index (χ3v) is 7.38. The van der Waals surface area contributed by atoms with Gasteiger partial charge < -0.3 is 4.90 Å². The van der Waals surface area contributed by atoms with Crippen molar-refractivity contribution in [1.82, 2.24) is 14.8 Å². The molecule has 33 heavy (non-hydrogen) atoms. The van der Waals surface area contributed by atoms with Gasteiger partial charge in [-0.1, -0.05) is 6.07 Å². The van der Waals surface area contributed by atoms with Crippen LogP contribution in [0.4, 0.5) is 5.69 Å². The van der Waals surface area contributed by atoms with E-state index in [0.717, 1.165) is 30.8 Å². The van der Waals surface area contributed by atoms with Gasteiger partial charge in [-0.15, -0.1) is 0 Å². The van der Waals surface area contributed by atoms with Crippen LogP contribution in [0.1, 0.15) is 27.0 Å². The van der Waals surface area contributed by atoms with Crippen LogP contribution in [0.2, 0.25) is 0 Å². The number of anilines is 1. The van der Waals surface area contributed by atoms with Crippen molar-refractivity contribution in [2.45, 2.75) is 25.3 Å². The molecule has 0 aliphatic carbocycles. The van der Waals surface area contributed by atoms with Crippen molar-refractivity contribution in [3.8, 4) is 0 Å². The van der Waals surface area contributed by atoms with E-state index in [9.17, 15) is 13.2 Å². The summed E-state index contributed by atoms with van der Waals surface area (Å²) in [6, 6.07) is 15.6. The van der Waals surface area contributed by atoms with Crippen molar-refractivity contribution in [2.75, 3.05) is 30.9 Å². The molecular formula is C25H28N4O3S. The monoisotopic (exact) mass is 464 g/mol. The maximum absolute atomic E-state index is 12.9. The number of pyridine rings is 1. The second kappa shape index (κ2) is 9.72. The van der Waals surface area contributed by atoms with Gasteiger partial charge in [0.25, 0.3) is 15.9 Å². The van der Waals surface area contributed by atoms with Gasteiger partial charge in [0.1, 0.15) is 0 Å². The van der Waals surface area contributed by atoms with Crippen LogP contribution in [-0.4, -0.2) is 55.3 Å². The molecule has 1 aliphatic heterocycles. The Morgan fingerprint density at radius 1 is 0.909 bits per heavy atom. The van der Waals surface area contributed by atoms with E-state index in [1.807, 2.05) is 36.9 Å². The van der Waals surface area contributed by atoms with Crippen LogP contribution in [0.3, 0.4) is 0 Å². The fourth-order valence-electron chi connectivity index (χ4n) is 3.83. The maximum atomic E-state index is 12.9. The molecule has 0 unspecified atom stereocenters. The first-order valence-electron chi connectivity index (χ1n) is 10.9. The van der Waals surface area contributed by atoms with Crippen LogP contribution in [0, 0.1) is 13.8 Å². The Morgan fingerprint density at radius 3 is 2.21 bits per heavy atom. The summed E-state index contributed by atoms with van der Waals surface area (Å²) >= 11 is 0. The van der Waals surface area contributed by atoms with E-state index in [-0.39, 0.29) is 10.8 Å². The van der Waals surface area contributed by atoms with E-state index in [1.165, 1.54) is 17.7 Å². The van der Waals surface area contributed by atoms with Gasteiger partial charge in [-0.3, -0.25) is 19.4 Å². The number of amides is 1. The van der Waals surface area contributed by atoms with Crippen LogP contribution in [-0.2, 0) is 16.6 Å². The fraction of sp³-hybridized carbons (Fsp3) is 0.280. The highest BCUT2D eigenvalue weighted by Crippen LogP contribution is 2.20. The highest BCUT2D eigenvalue weighted by atomic mass is 32.2. The van der Waals surface area contributed by atoms with E-state index >= 15 is 0 Å². The normalized spacial score (nSPS) is 14.8. The molecule has 7 nitrogen and oxygen atoms in total. The Hall–Kier alpha value is -3.23. The summed E-state index contributed by atoms with van der Waals surface area (Å²) in [5, 5.41) is 0. The second-order valence-corrected chi connectivity index (χ2v) is 10.0. The minimum absolute atomic E-state index is 0.0790. The Morgan fingerprint density at radius 2 is 1.58 bits per heavy atom. The summed E-state index contributed by atoms with van der Waals surface area (Å²) in [4.78, 5) is 21.2. The molecule has 1 fully saturated rings. The molecule has 8 heteroatoms. The van der Waals surface area contributed by atoms with E-state index < -0.39 is 10.0 Å². The molecule has 2 heterocycles. The number of sulfonamides is 1. The number of hydrogen-bond donors (Lipinski definition) is 1. The van der Waals surface area contributed by atoms with Gasteiger partial charge in [0.2, 0.25) is 0 Å². The van der Waals surface area contributed by atoms with Gasteiger partial charge in [0, 0.05) is 56.4 Å². The Labute approximate surface area is 195 Å². The smallest absolute Gasteiger partial charge is 0.261 e. The first-order valence-corrected chi connectivity index (χ1v) is 12.4. The zero-order chi connectivity index (χ0) is 23.4. The largest absolute Gasteiger partial charge is 0.336 e. The lowest BCUT2D eigenvalue weighted by molar-refractivity contribution is 0.0628. The maximum Gasteiger partial charge on any atom is 0.261 e. The van der Waals surface area contributed by atoms with Gasteiger partial charge in [0.05, 0.1) is 4.90 Å². The molecule has 1 aromatic heterocycles. The number of carbonyl (C=O) groups excluding carboxylic acids is 1. The van der Waals surface area contributed by atoms with Gasteiger partial charge in [0.15, 0.2) is 0 Å². The van der Waals surface area contributed by atoms with Crippen LogP contribution < -0.4 is 4.72 Å². The lowest BCUT2D eigenvalue weighted by Crippen LogP contribution is -2.48. The lowest BCUT2D eigenvalue weighted by Gasteiger charge is -2.34. The summed E-state index contributed by atoms with van der Waals surface area (Å²) in [6.45, 7) is 7.61. The van der Waals surface area contributed by atoms with Crippen molar-refractivity contribution < 1.29 is 13.2 Å². The van der Waals surface area contributed by atoms with E-state index in [4.69, 9.17) is 0 Å². The Kier molecular flexibility index (Phi) is 6.76. The molecule has 4 rings (SSSR count). The number of piperazine rings is 1. The molecule has 0 saturated carbocycles. The van der Waals surface area contributed by atoms with Crippen molar-refractivity contribution >= 4 is 21.6 Å². The topological polar surface area (TPSA) is 82.6 Å². The molecule has 0 bridgehead atoms. The number of nitrogens with one attached hydrogen (secondary N) is 1. The summed E-state index contributed by atoms with van der Waals surface area (Å²) in [6.07, 6.45) is 3.58. The fourth-order valence-corrected chi connectivity index (χ4v) is 4.88. The molecule has 1 N–H and O–H groups in total. The molecule has 1 amide bonds. The van der Waals surface area contributed by atoms with E-state index in [1.54, 1.807) is 36.7 Å². The summed E-state index contributed by atoms with van der Waals surface area (Å²) in [7, 11) is -3.73. The second-order valence-electron chi connectivity index (χ2n) is 8.35. The van der Waals surface area contributed by atoms with E-state index in [0.29, 0.717) is 24.3 Å². The quantitative estimate of drug-likeness (QED) is 0.604.